The zero-order valence-corrected chi connectivity index (χ0v) is 10.0. The average molecular weight is 230 g/mol. The Kier molecular flexibility index (Phi) is 10.1. The molecule has 1 saturated heterocycles. The zero-order valence-electron chi connectivity index (χ0n) is 10.0. The molecule has 1 fully saturated rings. The van der Waals surface area contributed by atoms with Crippen LogP contribution in [0.1, 0.15) is 32.6 Å². The molecule has 0 aromatic carbocycles. The van der Waals surface area contributed by atoms with E-state index in [1.165, 1.54) is 25.7 Å². The van der Waals surface area contributed by atoms with Crippen LogP contribution in [0.4, 0.5) is 0 Å². The molecule has 1 aliphatic rings. The van der Waals surface area contributed by atoms with E-state index in [1.807, 2.05) is 0 Å². The molecule has 1 aliphatic heterocycles. The number of ether oxygens (including phenoxy) is 2. The predicted octanol–water partition coefficient (Wildman–Crippen LogP) is 1.68. The first-order valence-electron chi connectivity index (χ1n) is 5.69. The van der Waals surface area contributed by atoms with Crippen molar-refractivity contribution in [3.05, 3.63) is 12.2 Å². The Hall–Kier alpha value is -0.870. The normalized spacial score (nSPS) is 15.4. The topological polar surface area (TPSA) is 55.8 Å². The molecule has 4 nitrogen and oxygen atoms in total. The van der Waals surface area contributed by atoms with Gasteiger partial charge in [0.2, 0.25) is 0 Å². The second-order valence-corrected chi connectivity index (χ2v) is 3.67. The summed E-state index contributed by atoms with van der Waals surface area (Å²) in [4.78, 5) is 10.5. The molecule has 1 heterocycles. The summed E-state index contributed by atoms with van der Waals surface area (Å²) >= 11 is 0. The van der Waals surface area contributed by atoms with E-state index in [-0.39, 0.29) is 13.2 Å². The lowest BCUT2D eigenvalue weighted by molar-refractivity contribution is -0.139. The van der Waals surface area contributed by atoms with E-state index in [9.17, 15) is 4.79 Å². The summed E-state index contributed by atoms with van der Waals surface area (Å²) < 4.78 is 9.66. The Morgan fingerprint density at radius 3 is 2.31 bits per heavy atom. The van der Waals surface area contributed by atoms with Gasteiger partial charge in [0.25, 0.3) is 0 Å². The summed E-state index contributed by atoms with van der Waals surface area (Å²) in [6.45, 7) is 6.81. The number of aliphatic hydroxyl groups is 1. The van der Waals surface area contributed by atoms with Gasteiger partial charge < -0.3 is 14.6 Å². The van der Waals surface area contributed by atoms with Crippen LogP contribution in [0.5, 0.6) is 0 Å². The van der Waals surface area contributed by atoms with Gasteiger partial charge in [0.1, 0.15) is 6.61 Å². The van der Waals surface area contributed by atoms with Crippen LogP contribution in [0.25, 0.3) is 0 Å². The molecule has 0 atom stereocenters. The Morgan fingerprint density at radius 1 is 1.31 bits per heavy atom. The monoisotopic (exact) mass is 230 g/mol. The highest BCUT2D eigenvalue weighted by Crippen LogP contribution is 2.04. The molecule has 16 heavy (non-hydrogen) atoms. The molecule has 1 N–H and O–H groups in total. The van der Waals surface area contributed by atoms with Gasteiger partial charge in [-0.3, -0.25) is 0 Å². The van der Waals surface area contributed by atoms with Crippen molar-refractivity contribution < 1.29 is 19.4 Å². The second-order valence-electron chi connectivity index (χ2n) is 3.67. The number of carbonyl (C=O) groups is 1. The van der Waals surface area contributed by atoms with E-state index in [2.05, 4.69) is 11.3 Å². The summed E-state index contributed by atoms with van der Waals surface area (Å²) in [6, 6.07) is 0. The first kappa shape index (κ1) is 15.1. The molecule has 4 heteroatoms. The third-order valence-electron chi connectivity index (χ3n) is 2.00. The molecule has 0 spiro atoms. The van der Waals surface area contributed by atoms with Crippen molar-refractivity contribution in [1.29, 1.82) is 0 Å². The molecule has 0 radical (unpaired) electrons. The highest BCUT2D eigenvalue weighted by molar-refractivity contribution is 5.86. The highest BCUT2D eigenvalue weighted by Gasteiger charge is 1.99. The molecule has 0 aliphatic carbocycles. The molecule has 0 amide bonds. The maximum absolute atomic E-state index is 10.5. The number of hydrogen-bond donors (Lipinski definition) is 1. The van der Waals surface area contributed by atoms with Crippen molar-refractivity contribution >= 4 is 5.97 Å². The number of hydrogen-bond acceptors (Lipinski definition) is 4. The van der Waals surface area contributed by atoms with Gasteiger partial charge in [-0.1, -0.05) is 19.4 Å². The average Bonchev–Trinajstić information content (AvgIpc) is 2.58. The minimum absolute atomic E-state index is 0.0473. The Labute approximate surface area is 97.2 Å². The van der Waals surface area contributed by atoms with E-state index in [1.54, 1.807) is 6.92 Å². The predicted molar refractivity (Wildman–Crippen MR) is 62.1 cm³/mol. The summed E-state index contributed by atoms with van der Waals surface area (Å²) in [5.74, 6) is -0.455. The fourth-order valence-corrected chi connectivity index (χ4v) is 1.13. The lowest BCUT2D eigenvalue weighted by Gasteiger charge is -1.99. The summed E-state index contributed by atoms with van der Waals surface area (Å²) in [6.07, 6.45) is 5.31. The van der Waals surface area contributed by atoms with Crippen LogP contribution in [0.15, 0.2) is 12.2 Å². The molecule has 0 aromatic heterocycles. The fourth-order valence-electron chi connectivity index (χ4n) is 1.13. The van der Waals surface area contributed by atoms with Crippen molar-refractivity contribution in [2.45, 2.75) is 32.6 Å². The van der Waals surface area contributed by atoms with Crippen LogP contribution in [0.3, 0.4) is 0 Å². The van der Waals surface area contributed by atoms with Gasteiger partial charge in [-0.2, -0.15) is 0 Å². The molecule has 0 aromatic rings. The van der Waals surface area contributed by atoms with Crippen molar-refractivity contribution in [2.75, 3.05) is 26.4 Å². The SMILES string of the molecule is C1CCCOCC1.C=C(C)C(=O)OCCO. The molecule has 1 rings (SSSR count). The van der Waals surface area contributed by atoms with Crippen molar-refractivity contribution in [2.24, 2.45) is 0 Å². The van der Waals surface area contributed by atoms with E-state index < -0.39 is 5.97 Å². The van der Waals surface area contributed by atoms with Gasteiger partial charge in [-0.25, -0.2) is 4.79 Å². The van der Waals surface area contributed by atoms with Crippen LogP contribution in [0, 0.1) is 0 Å². The van der Waals surface area contributed by atoms with Crippen LogP contribution >= 0.6 is 0 Å². The van der Waals surface area contributed by atoms with E-state index in [0.717, 1.165) is 13.2 Å². The van der Waals surface area contributed by atoms with Gasteiger partial charge in [0, 0.05) is 18.8 Å². The smallest absolute Gasteiger partial charge is 0.333 e. The van der Waals surface area contributed by atoms with Crippen molar-refractivity contribution in [3.63, 3.8) is 0 Å². The lowest BCUT2D eigenvalue weighted by Crippen LogP contribution is -2.08. The Balaban J connectivity index is 0.000000288. The van der Waals surface area contributed by atoms with Gasteiger partial charge in [0.05, 0.1) is 6.61 Å². The van der Waals surface area contributed by atoms with Crippen molar-refractivity contribution in [3.8, 4) is 0 Å². The Morgan fingerprint density at radius 2 is 1.88 bits per heavy atom. The van der Waals surface area contributed by atoms with Gasteiger partial charge in [0.15, 0.2) is 0 Å². The number of carbonyl (C=O) groups excluding carboxylic acids is 1. The number of aliphatic hydroxyl groups excluding tert-OH is 1. The quantitative estimate of drug-likeness (QED) is 0.592. The maximum atomic E-state index is 10.5. The van der Waals surface area contributed by atoms with Crippen LogP contribution < -0.4 is 0 Å². The van der Waals surface area contributed by atoms with Crippen LogP contribution in [-0.4, -0.2) is 37.5 Å². The first-order chi connectivity index (χ1) is 7.68. The summed E-state index contributed by atoms with van der Waals surface area (Å²) in [7, 11) is 0. The van der Waals surface area contributed by atoms with E-state index in [0.29, 0.717) is 5.57 Å². The molecule has 0 unspecified atom stereocenters. The second kappa shape index (κ2) is 10.6. The Bertz CT molecular complexity index is 182. The maximum Gasteiger partial charge on any atom is 0.333 e. The fraction of sp³-hybridized carbons (Fsp3) is 0.750. The van der Waals surface area contributed by atoms with E-state index in [4.69, 9.17) is 9.84 Å². The number of esters is 1. The third-order valence-corrected chi connectivity index (χ3v) is 2.00. The minimum Gasteiger partial charge on any atom is -0.460 e. The largest absolute Gasteiger partial charge is 0.460 e. The van der Waals surface area contributed by atoms with Gasteiger partial charge >= 0.3 is 5.97 Å². The summed E-state index contributed by atoms with van der Waals surface area (Å²) in [5, 5.41) is 8.19. The number of rotatable bonds is 3. The lowest BCUT2D eigenvalue weighted by atomic mass is 10.2. The third kappa shape index (κ3) is 9.68. The minimum atomic E-state index is -0.455. The standard InChI is InChI=1S/C6H10O3.C6H12O/c1-5(2)6(8)9-4-3-7;1-2-4-6-7-5-3-1/h7H,1,3-4H2,2H3;1-6H2. The van der Waals surface area contributed by atoms with Crippen LogP contribution in [-0.2, 0) is 14.3 Å². The van der Waals surface area contributed by atoms with Crippen molar-refractivity contribution in [1.82, 2.24) is 0 Å². The molecular weight excluding hydrogens is 208 g/mol. The summed E-state index contributed by atoms with van der Waals surface area (Å²) in [5.41, 5.74) is 0.350. The molecule has 0 saturated carbocycles. The molecule has 0 bridgehead atoms. The van der Waals surface area contributed by atoms with Gasteiger partial charge in [-0.15, -0.1) is 0 Å². The first-order valence-corrected chi connectivity index (χ1v) is 5.69. The van der Waals surface area contributed by atoms with Crippen LogP contribution in [0.2, 0.25) is 0 Å². The molecule has 94 valence electrons. The zero-order chi connectivity index (χ0) is 12.2. The van der Waals surface area contributed by atoms with Gasteiger partial charge in [-0.05, 0) is 19.8 Å². The van der Waals surface area contributed by atoms with E-state index >= 15 is 0 Å². The highest BCUT2D eigenvalue weighted by atomic mass is 16.5. The molecular formula is C12H22O4.